The maximum Gasteiger partial charge on any atom is 0.240 e. The molecule has 0 unspecified atom stereocenters. The molecule has 1 N–H and O–H groups in total. The highest BCUT2D eigenvalue weighted by molar-refractivity contribution is 7.93. The Morgan fingerprint density at radius 1 is 1.19 bits per heavy atom. The minimum atomic E-state index is -4.10. The number of hydrogen-bond donors (Lipinski definition) is 1. The molecule has 1 aliphatic rings. The summed E-state index contributed by atoms with van der Waals surface area (Å²) < 4.78 is 67.1. The van der Waals surface area contributed by atoms with Crippen LogP contribution in [0.3, 0.4) is 0 Å². The van der Waals surface area contributed by atoms with Gasteiger partial charge in [0, 0.05) is 20.8 Å². The molecule has 1 fully saturated rings. The number of rotatable bonds is 14. The van der Waals surface area contributed by atoms with Crippen LogP contribution < -0.4 is 4.72 Å². The molecule has 36 heavy (non-hydrogen) atoms. The van der Waals surface area contributed by atoms with E-state index in [-0.39, 0.29) is 43.8 Å². The van der Waals surface area contributed by atoms with Crippen LogP contribution in [0, 0.1) is 5.82 Å². The summed E-state index contributed by atoms with van der Waals surface area (Å²) in [5.74, 6) is -0.0688. The molecular weight excluding hydrogens is 495 g/mol. The quantitative estimate of drug-likeness (QED) is 0.387. The average Bonchev–Trinajstić information content (AvgIpc) is 3.45. The largest absolute Gasteiger partial charge is 0.382 e. The van der Waals surface area contributed by atoms with Crippen LogP contribution in [-0.4, -0.2) is 78.5 Å². The Balaban J connectivity index is 1.95. The Morgan fingerprint density at radius 2 is 1.86 bits per heavy atom. The van der Waals surface area contributed by atoms with Gasteiger partial charge >= 0.3 is 0 Å². The van der Waals surface area contributed by atoms with E-state index < -0.39 is 33.2 Å². The van der Waals surface area contributed by atoms with E-state index in [1.54, 1.807) is 18.8 Å². The second-order valence-corrected chi connectivity index (χ2v) is 10.8. The van der Waals surface area contributed by atoms with Crippen LogP contribution in [0.5, 0.6) is 0 Å². The summed E-state index contributed by atoms with van der Waals surface area (Å²) in [5.41, 5.74) is 0. The third kappa shape index (κ3) is 6.73. The van der Waals surface area contributed by atoms with Crippen molar-refractivity contribution < 1.29 is 31.8 Å². The number of nitrogens with zero attached hydrogens (tertiary/aromatic N) is 5. The van der Waals surface area contributed by atoms with Gasteiger partial charge in [0.05, 0.1) is 37.8 Å². The SMILES string of the molecule is CCCO[C@@H](c1ncc(F)cn1)[C@H](C)S(=O)(=O)Nc1nnc([C@H]2CC[C@@H](C)O2)n1C(COC)COC. The van der Waals surface area contributed by atoms with E-state index in [2.05, 4.69) is 24.9 Å². The van der Waals surface area contributed by atoms with Crippen LogP contribution in [-0.2, 0) is 29.0 Å². The number of nitrogens with one attached hydrogen (secondary N) is 1. The lowest BCUT2D eigenvalue weighted by Gasteiger charge is -2.25. The van der Waals surface area contributed by atoms with Crippen molar-refractivity contribution in [3.05, 3.63) is 29.9 Å². The average molecular weight is 531 g/mol. The molecule has 2 aromatic rings. The first-order valence-electron chi connectivity index (χ1n) is 11.9. The molecule has 0 spiro atoms. The van der Waals surface area contributed by atoms with Gasteiger partial charge < -0.3 is 18.9 Å². The Kier molecular flexibility index (Phi) is 10.1. The minimum absolute atomic E-state index is 0.00775. The van der Waals surface area contributed by atoms with Crippen LogP contribution in [0.1, 0.15) is 69.9 Å². The van der Waals surface area contributed by atoms with E-state index in [0.29, 0.717) is 12.2 Å². The molecule has 1 aliphatic heterocycles. The van der Waals surface area contributed by atoms with Gasteiger partial charge in [-0.25, -0.2) is 22.8 Å². The summed E-state index contributed by atoms with van der Waals surface area (Å²) in [6.07, 6.45) is 2.85. The van der Waals surface area contributed by atoms with Gasteiger partial charge in [-0.15, -0.1) is 10.2 Å². The molecule has 0 amide bonds. The lowest BCUT2D eigenvalue weighted by molar-refractivity contribution is 0.0405. The lowest BCUT2D eigenvalue weighted by Crippen LogP contribution is -2.35. The Morgan fingerprint density at radius 3 is 2.42 bits per heavy atom. The fraction of sp³-hybridized carbons (Fsp3) is 0.727. The predicted molar refractivity (Wildman–Crippen MR) is 128 cm³/mol. The van der Waals surface area contributed by atoms with Crippen molar-refractivity contribution in [2.24, 2.45) is 0 Å². The second kappa shape index (κ2) is 12.8. The van der Waals surface area contributed by atoms with Crippen LogP contribution in [0.15, 0.2) is 12.4 Å². The zero-order valence-corrected chi connectivity index (χ0v) is 22.1. The van der Waals surface area contributed by atoms with E-state index in [1.165, 1.54) is 6.92 Å². The van der Waals surface area contributed by atoms with Crippen LogP contribution in [0.2, 0.25) is 0 Å². The molecule has 14 heteroatoms. The second-order valence-electron chi connectivity index (χ2n) is 8.73. The van der Waals surface area contributed by atoms with Crippen molar-refractivity contribution in [2.45, 2.75) is 69.6 Å². The standard InChI is InChI=1S/C22H35FN6O6S/c1-6-9-34-19(20-24-10-16(23)11-25-20)15(3)36(30,31)28-22-27-26-21(18-8-7-14(2)35-18)29(22)17(12-32-4)13-33-5/h10-11,14-15,17-19H,6-9,12-13H2,1-5H3,(H,27,28)/t14-,15+,18-,19-/m1/s1. The molecule has 0 bridgehead atoms. The number of anilines is 1. The summed E-state index contributed by atoms with van der Waals surface area (Å²) in [6.45, 7) is 6.07. The third-order valence-electron chi connectivity index (χ3n) is 5.87. The van der Waals surface area contributed by atoms with Crippen molar-refractivity contribution in [2.75, 3.05) is 38.8 Å². The van der Waals surface area contributed by atoms with Gasteiger partial charge in [-0.1, -0.05) is 6.92 Å². The summed E-state index contributed by atoms with van der Waals surface area (Å²) in [7, 11) is -1.01. The van der Waals surface area contributed by atoms with Gasteiger partial charge in [0.2, 0.25) is 16.0 Å². The Hall–Kier alpha value is -2.26. The first kappa shape index (κ1) is 28.3. The van der Waals surface area contributed by atoms with Crippen molar-refractivity contribution in [3.8, 4) is 0 Å². The molecule has 4 atom stereocenters. The zero-order valence-electron chi connectivity index (χ0n) is 21.3. The highest BCUT2D eigenvalue weighted by Crippen LogP contribution is 2.35. The Labute approximate surface area is 211 Å². The normalized spacial score (nSPS) is 20.1. The van der Waals surface area contributed by atoms with E-state index in [9.17, 15) is 12.8 Å². The van der Waals surface area contributed by atoms with Crippen LogP contribution >= 0.6 is 0 Å². The van der Waals surface area contributed by atoms with E-state index in [0.717, 1.165) is 25.2 Å². The first-order valence-corrected chi connectivity index (χ1v) is 13.4. The lowest BCUT2D eigenvalue weighted by atomic mass is 10.2. The molecule has 3 heterocycles. The molecule has 202 valence electrons. The van der Waals surface area contributed by atoms with Gasteiger partial charge in [0.25, 0.3) is 0 Å². The van der Waals surface area contributed by atoms with E-state index in [4.69, 9.17) is 18.9 Å². The third-order valence-corrected chi connectivity index (χ3v) is 7.56. The fourth-order valence-corrected chi connectivity index (χ4v) is 5.15. The minimum Gasteiger partial charge on any atom is -0.382 e. The monoisotopic (exact) mass is 530 g/mol. The molecule has 0 aliphatic carbocycles. The maximum absolute atomic E-state index is 13.5. The van der Waals surface area contributed by atoms with Gasteiger partial charge in [-0.05, 0) is 33.1 Å². The highest BCUT2D eigenvalue weighted by Gasteiger charge is 2.37. The Bertz CT molecular complexity index is 1060. The van der Waals surface area contributed by atoms with Crippen LogP contribution in [0.4, 0.5) is 10.3 Å². The number of ether oxygens (including phenoxy) is 4. The molecule has 0 radical (unpaired) electrons. The smallest absolute Gasteiger partial charge is 0.240 e. The molecule has 0 aromatic carbocycles. The number of sulfonamides is 1. The summed E-state index contributed by atoms with van der Waals surface area (Å²) in [6, 6.07) is -0.412. The molecule has 12 nitrogen and oxygen atoms in total. The van der Waals surface area contributed by atoms with Gasteiger partial charge in [0.1, 0.15) is 17.5 Å². The number of methoxy groups -OCH3 is 2. The van der Waals surface area contributed by atoms with Gasteiger partial charge in [-0.3, -0.25) is 9.29 Å². The molecule has 0 saturated carbocycles. The van der Waals surface area contributed by atoms with E-state index in [1.807, 2.05) is 13.8 Å². The van der Waals surface area contributed by atoms with Crippen molar-refractivity contribution in [1.82, 2.24) is 24.7 Å². The van der Waals surface area contributed by atoms with E-state index >= 15 is 0 Å². The summed E-state index contributed by atoms with van der Waals surface area (Å²) in [5, 5.41) is 7.29. The topological polar surface area (TPSA) is 140 Å². The maximum atomic E-state index is 13.5. The number of hydrogen-bond acceptors (Lipinski definition) is 10. The highest BCUT2D eigenvalue weighted by atomic mass is 32.2. The zero-order chi connectivity index (χ0) is 26.3. The molecule has 2 aromatic heterocycles. The molecular formula is C22H35FN6O6S. The van der Waals surface area contributed by atoms with Crippen molar-refractivity contribution >= 4 is 16.0 Å². The van der Waals surface area contributed by atoms with Gasteiger partial charge in [-0.2, -0.15) is 0 Å². The predicted octanol–water partition coefficient (Wildman–Crippen LogP) is 2.58. The number of halogens is 1. The molecule has 1 saturated heterocycles. The first-order chi connectivity index (χ1) is 17.2. The van der Waals surface area contributed by atoms with Gasteiger partial charge in [0.15, 0.2) is 17.5 Å². The summed E-state index contributed by atoms with van der Waals surface area (Å²) >= 11 is 0. The van der Waals surface area contributed by atoms with Crippen molar-refractivity contribution in [1.29, 1.82) is 0 Å². The van der Waals surface area contributed by atoms with Crippen molar-refractivity contribution in [3.63, 3.8) is 0 Å². The van der Waals surface area contributed by atoms with Crippen LogP contribution in [0.25, 0.3) is 0 Å². The molecule has 3 rings (SSSR count). The summed E-state index contributed by atoms with van der Waals surface area (Å²) in [4.78, 5) is 7.89. The fourth-order valence-electron chi connectivity index (χ4n) is 4.04. The number of aromatic nitrogens is 5.